The van der Waals surface area contributed by atoms with Crippen molar-refractivity contribution >= 4 is 11.9 Å². The van der Waals surface area contributed by atoms with E-state index in [1.54, 1.807) is 6.08 Å². The Labute approximate surface area is 72.4 Å². The van der Waals surface area contributed by atoms with Crippen molar-refractivity contribution < 1.29 is 14.3 Å². The molecule has 0 aromatic carbocycles. The van der Waals surface area contributed by atoms with Crippen LogP contribution in [0.5, 0.6) is 0 Å². The summed E-state index contributed by atoms with van der Waals surface area (Å²) in [5.41, 5.74) is 0. The Bertz CT molecular complexity index is 184. The third kappa shape index (κ3) is 2.86. The molecular formula is C9H14O3. The van der Waals surface area contributed by atoms with Gasteiger partial charge in [-0.1, -0.05) is 19.9 Å². The van der Waals surface area contributed by atoms with Crippen LogP contribution in [0.4, 0.5) is 0 Å². The van der Waals surface area contributed by atoms with Crippen molar-refractivity contribution in [3.05, 3.63) is 12.7 Å². The monoisotopic (exact) mass is 170 g/mol. The topological polar surface area (TPSA) is 43.4 Å². The minimum atomic E-state index is -0.420. The summed E-state index contributed by atoms with van der Waals surface area (Å²) in [6, 6.07) is 0. The molecule has 3 heteroatoms. The number of ether oxygens (including phenoxy) is 1. The molecule has 0 radical (unpaired) electrons. The van der Waals surface area contributed by atoms with Gasteiger partial charge in [0.2, 0.25) is 0 Å². The minimum absolute atomic E-state index is 0.213. The number of allylic oxidation sites excluding steroid dienone is 1. The van der Waals surface area contributed by atoms with E-state index < -0.39 is 11.9 Å². The fourth-order valence-corrected chi connectivity index (χ4v) is 0.902. The van der Waals surface area contributed by atoms with Crippen molar-refractivity contribution in [3.8, 4) is 0 Å². The van der Waals surface area contributed by atoms with Crippen molar-refractivity contribution in [2.24, 2.45) is 5.92 Å². The molecule has 1 saturated heterocycles. The standard InChI is InChI=1S/C7H8O3.C2H6/c1-2-3-5-4-6(8)10-7(5)9;1-2/h2,5H,1,3-4H2;1-2H3. The lowest BCUT2D eigenvalue weighted by Gasteiger charge is -1.95. The predicted octanol–water partition coefficient (Wildman–Crippen LogP) is 1.68. The molecule has 0 saturated carbocycles. The zero-order valence-electron chi connectivity index (χ0n) is 7.50. The van der Waals surface area contributed by atoms with Crippen molar-refractivity contribution in [1.29, 1.82) is 0 Å². The first-order valence-corrected chi connectivity index (χ1v) is 4.09. The summed E-state index contributed by atoms with van der Waals surface area (Å²) in [7, 11) is 0. The first kappa shape index (κ1) is 10.9. The molecule has 0 bridgehead atoms. The summed E-state index contributed by atoms with van der Waals surface area (Å²) < 4.78 is 4.30. The molecule has 0 aromatic heterocycles. The normalized spacial score (nSPS) is 21.0. The highest BCUT2D eigenvalue weighted by atomic mass is 16.6. The Kier molecular flexibility index (Phi) is 5.00. The number of carbonyl (C=O) groups is 2. The molecule has 0 aromatic rings. The zero-order valence-corrected chi connectivity index (χ0v) is 7.50. The number of cyclic esters (lactones) is 2. The Hall–Kier alpha value is -1.12. The quantitative estimate of drug-likeness (QED) is 0.360. The van der Waals surface area contributed by atoms with E-state index >= 15 is 0 Å². The number of carbonyl (C=O) groups excluding carboxylic acids is 2. The van der Waals surface area contributed by atoms with Crippen LogP contribution in [0.15, 0.2) is 12.7 Å². The molecule has 12 heavy (non-hydrogen) atoms. The van der Waals surface area contributed by atoms with Crippen LogP contribution >= 0.6 is 0 Å². The van der Waals surface area contributed by atoms with E-state index in [1.165, 1.54) is 0 Å². The predicted molar refractivity (Wildman–Crippen MR) is 45.4 cm³/mol. The lowest BCUT2D eigenvalue weighted by molar-refractivity contribution is -0.153. The van der Waals surface area contributed by atoms with Gasteiger partial charge in [0.15, 0.2) is 0 Å². The van der Waals surface area contributed by atoms with Gasteiger partial charge in [0, 0.05) is 0 Å². The second-order valence-electron chi connectivity index (χ2n) is 2.22. The first-order chi connectivity index (χ1) is 5.74. The van der Waals surface area contributed by atoms with E-state index in [9.17, 15) is 9.59 Å². The lowest BCUT2D eigenvalue weighted by atomic mass is 10.0. The summed E-state index contributed by atoms with van der Waals surface area (Å²) in [4.78, 5) is 21.1. The molecule has 1 atom stereocenters. The number of esters is 2. The Morgan fingerprint density at radius 3 is 2.50 bits per heavy atom. The molecule has 3 nitrogen and oxygen atoms in total. The van der Waals surface area contributed by atoms with Crippen LogP contribution in [0, 0.1) is 5.92 Å². The number of hydrogen-bond donors (Lipinski definition) is 0. The minimum Gasteiger partial charge on any atom is -0.393 e. The van der Waals surface area contributed by atoms with Crippen molar-refractivity contribution in [2.75, 3.05) is 0 Å². The van der Waals surface area contributed by atoms with Gasteiger partial charge in [0.25, 0.3) is 0 Å². The van der Waals surface area contributed by atoms with Gasteiger partial charge in [-0.2, -0.15) is 0 Å². The van der Waals surface area contributed by atoms with E-state index in [-0.39, 0.29) is 12.3 Å². The lowest BCUT2D eigenvalue weighted by Crippen LogP contribution is -2.05. The average Bonchev–Trinajstić information content (AvgIpc) is 2.35. The Morgan fingerprint density at radius 1 is 1.58 bits per heavy atom. The van der Waals surface area contributed by atoms with Gasteiger partial charge in [-0.05, 0) is 6.42 Å². The third-order valence-electron chi connectivity index (χ3n) is 1.41. The average molecular weight is 170 g/mol. The second kappa shape index (κ2) is 5.52. The summed E-state index contributed by atoms with van der Waals surface area (Å²) in [5, 5.41) is 0. The molecule has 1 aliphatic heterocycles. The van der Waals surface area contributed by atoms with E-state index in [2.05, 4.69) is 11.3 Å². The van der Waals surface area contributed by atoms with Crippen LogP contribution in [0.25, 0.3) is 0 Å². The van der Waals surface area contributed by atoms with E-state index in [4.69, 9.17) is 0 Å². The number of hydrogen-bond acceptors (Lipinski definition) is 3. The van der Waals surface area contributed by atoms with Gasteiger partial charge in [-0.3, -0.25) is 9.59 Å². The fraction of sp³-hybridized carbons (Fsp3) is 0.556. The molecule has 68 valence electrons. The van der Waals surface area contributed by atoms with E-state index in [1.807, 2.05) is 13.8 Å². The zero-order chi connectivity index (χ0) is 9.56. The van der Waals surface area contributed by atoms with E-state index in [0.29, 0.717) is 6.42 Å². The second-order valence-corrected chi connectivity index (χ2v) is 2.22. The summed E-state index contributed by atoms with van der Waals surface area (Å²) >= 11 is 0. The van der Waals surface area contributed by atoms with Gasteiger partial charge >= 0.3 is 11.9 Å². The van der Waals surface area contributed by atoms with Crippen molar-refractivity contribution in [1.82, 2.24) is 0 Å². The third-order valence-corrected chi connectivity index (χ3v) is 1.41. The Morgan fingerprint density at radius 2 is 2.17 bits per heavy atom. The molecule has 1 aliphatic rings. The maximum atomic E-state index is 10.7. The molecule has 1 fully saturated rings. The highest BCUT2D eigenvalue weighted by Crippen LogP contribution is 2.18. The summed E-state index contributed by atoms with van der Waals surface area (Å²) in [6.07, 6.45) is 2.36. The van der Waals surface area contributed by atoms with Crippen molar-refractivity contribution in [3.63, 3.8) is 0 Å². The number of rotatable bonds is 2. The molecule has 0 spiro atoms. The van der Waals surface area contributed by atoms with Gasteiger partial charge in [-0.15, -0.1) is 6.58 Å². The van der Waals surface area contributed by atoms with Gasteiger partial charge < -0.3 is 4.74 Å². The van der Waals surface area contributed by atoms with Crippen molar-refractivity contribution in [2.45, 2.75) is 26.7 Å². The van der Waals surface area contributed by atoms with Crippen LogP contribution in [0.2, 0.25) is 0 Å². The molecule has 1 rings (SSSR count). The summed E-state index contributed by atoms with van der Waals surface area (Å²) in [5.74, 6) is -1.10. The molecule has 0 amide bonds. The molecular weight excluding hydrogens is 156 g/mol. The highest BCUT2D eigenvalue weighted by molar-refractivity contribution is 5.94. The van der Waals surface area contributed by atoms with Crippen LogP contribution < -0.4 is 0 Å². The largest absolute Gasteiger partial charge is 0.393 e. The summed E-state index contributed by atoms with van der Waals surface area (Å²) in [6.45, 7) is 7.46. The smallest absolute Gasteiger partial charge is 0.317 e. The highest BCUT2D eigenvalue weighted by Gasteiger charge is 2.31. The van der Waals surface area contributed by atoms with Gasteiger partial charge in [0.05, 0.1) is 12.3 Å². The van der Waals surface area contributed by atoms with Crippen LogP contribution in [0.3, 0.4) is 0 Å². The maximum absolute atomic E-state index is 10.7. The molecule has 0 aliphatic carbocycles. The first-order valence-electron chi connectivity index (χ1n) is 4.09. The molecule has 1 unspecified atom stereocenters. The van der Waals surface area contributed by atoms with Gasteiger partial charge in [0.1, 0.15) is 0 Å². The Balaban J connectivity index is 0.000000561. The van der Waals surface area contributed by atoms with Gasteiger partial charge in [-0.25, -0.2) is 0 Å². The fourth-order valence-electron chi connectivity index (χ4n) is 0.902. The van der Waals surface area contributed by atoms with Crippen LogP contribution in [0.1, 0.15) is 26.7 Å². The molecule has 1 heterocycles. The van der Waals surface area contributed by atoms with E-state index in [0.717, 1.165) is 0 Å². The SMILES string of the molecule is C=CCC1CC(=O)OC1=O.CC. The van der Waals surface area contributed by atoms with Crippen LogP contribution in [-0.4, -0.2) is 11.9 Å². The van der Waals surface area contributed by atoms with Crippen LogP contribution in [-0.2, 0) is 14.3 Å². The maximum Gasteiger partial charge on any atom is 0.317 e. The molecule has 0 N–H and O–H groups in total.